The molecule has 0 saturated heterocycles. The van der Waals surface area contributed by atoms with Crippen LogP contribution in [0.5, 0.6) is 0 Å². The average molecular weight is 296 g/mol. The minimum Gasteiger partial charge on any atom is -0.369 e. The molecule has 1 aromatic heterocycles. The molecule has 0 saturated carbocycles. The van der Waals surface area contributed by atoms with Crippen molar-refractivity contribution in [3.8, 4) is 0 Å². The summed E-state index contributed by atoms with van der Waals surface area (Å²) < 4.78 is 0. The number of thiazole rings is 1. The maximum atomic E-state index is 6.26. The highest BCUT2D eigenvalue weighted by Gasteiger charge is 2.07. The van der Waals surface area contributed by atoms with Crippen molar-refractivity contribution in [3.63, 3.8) is 0 Å². The van der Waals surface area contributed by atoms with E-state index in [-0.39, 0.29) is 0 Å². The molecule has 0 bridgehead atoms. The second kappa shape index (κ2) is 6.37. The van der Waals surface area contributed by atoms with Crippen LogP contribution in [-0.2, 0) is 13.0 Å². The van der Waals surface area contributed by atoms with Gasteiger partial charge >= 0.3 is 0 Å². The van der Waals surface area contributed by atoms with E-state index in [4.69, 9.17) is 17.3 Å². The largest absolute Gasteiger partial charge is 0.369 e. The number of nitrogens with two attached hydrogens (primary N) is 1. The van der Waals surface area contributed by atoms with Crippen LogP contribution >= 0.6 is 22.9 Å². The average Bonchev–Trinajstić information content (AvgIpc) is 2.77. The summed E-state index contributed by atoms with van der Waals surface area (Å²) in [6.07, 6.45) is 0.814. The van der Waals surface area contributed by atoms with Gasteiger partial charge in [0.05, 0.1) is 17.2 Å². The monoisotopic (exact) mass is 295 g/mol. The Balaban J connectivity index is 2.10. The van der Waals surface area contributed by atoms with Crippen molar-refractivity contribution in [2.24, 2.45) is 5.73 Å². The molecule has 2 rings (SSSR count). The van der Waals surface area contributed by atoms with Gasteiger partial charge in [-0.1, -0.05) is 17.7 Å². The number of benzene rings is 1. The second-order valence-electron chi connectivity index (χ2n) is 4.53. The Kier molecular flexibility index (Phi) is 4.80. The number of rotatable bonds is 5. The number of hydrogen-bond acceptors (Lipinski definition) is 4. The van der Waals surface area contributed by atoms with Gasteiger partial charge in [-0.2, -0.15) is 0 Å². The third-order valence-electron chi connectivity index (χ3n) is 2.96. The van der Waals surface area contributed by atoms with Crippen LogP contribution in [0, 0.1) is 6.92 Å². The molecular weight excluding hydrogens is 278 g/mol. The highest BCUT2D eigenvalue weighted by atomic mass is 35.5. The van der Waals surface area contributed by atoms with Crippen molar-refractivity contribution < 1.29 is 0 Å². The van der Waals surface area contributed by atoms with Gasteiger partial charge in [-0.3, -0.25) is 0 Å². The van der Waals surface area contributed by atoms with Gasteiger partial charge < -0.3 is 10.6 Å². The van der Waals surface area contributed by atoms with Gasteiger partial charge in [0.1, 0.15) is 0 Å². The van der Waals surface area contributed by atoms with E-state index in [1.165, 1.54) is 0 Å². The van der Waals surface area contributed by atoms with Crippen LogP contribution in [0.3, 0.4) is 0 Å². The van der Waals surface area contributed by atoms with Crippen molar-refractivity contribution in [3.05, 3.63) is 44.9 Å². The first-order chi connectivity index (χ1) is 9.10. The Morgan fingerprint density at radius 1 is 1.42 bits per heavy atom. The summed E-state index contributed by atoms with van der Waals surface area (Å²) in [4.78, 5) is 6.62. The lowest BCUT2D eigenvalue weighted by molar-refractivity contribution is 0.888. The summed E-state index contributed by atoms with van der Waals surface area (Å²) in [5.74, 6) is 0. The van der Waals surface area contributed by atoms with Crippen LogP contribution < -0.4 is 10.6 Å². The second-order valence-corrected chi connectivity index (χ2v) is 6.00. The van der Waals surface area contributed by atoms with Gasteiger partial charge in [-0.05, 0) is 37.6 Å². The van der Waals surface area contributed by atoms with Crippen molar-refractivity contribution in [1.29, 1.82) is 0 Å². The molecule has 0 atom stereocenters. The summed E-state index contributed by atoms with van der Waals surface area (Å²) in [7, 11) is 2.04. The van der Waals surface area contributed by atoms with Gasteiger partial charge in [-0.15, -0.1) is 11.3 Å². The molecule has 5 heteroatoms. The van der Waals surface area contributed by atoms with E-state index in [0.29, 0.717) is 6.54 Å². The van der Waals surface area contributed by atoms with Crippen molar-refractivity contribution in [2.75, 3.05) is 18.5 Å². The van der Waals surface area contributed by atoms with Crippen LogP contribution in [0.15, 0.2) is 23.6 Å². The van der Waals surface area contributed by atoms with Crippen molar-refractivity contribution in [2.45, 2.75) is 19.9 Å². The number of nitrogens with zero attached hydrogens (tertiary/aromatic N) is 2. The molecule has 0 aliphatic heterocycles. The highest BCUT2D eigenvalue weighted by Crippen LogP contribution is 2.24. The highest BCUT2D eigenvalue weighted by molar-refractivity contribution is 7.09. The molecule has 102 valence electrons. The lowest BCUT2D eigenvalue weighted by Crippen LogP contribution is -2.16. The molecular formula is C14H18ClN3S. The van der Waals surface area contributed by atoms with E-state index in [1.54, 1.807) is 11.3 Å². The molecule has 2 aromatic rings. The van der Waals surface area contributed by atoms with E-state index in [1.807, 2.05) is 26.1 Å². The first kappa shape index (κ1) is 14.3. The summed E-state index contributed by atoms with van der Waals surface area (Å²) in [5.41, 5.74) is 8.84. The molecule has 0 fully saturated rings. The first-order valence-electron chi connectivity index (χ1n) is 6.21. The summed E-state index contributed by atoms with van der Waals surface area (Å²) >= 11 is 7.94. The molecule has 0 unspecified atom stereocenters. The molecule has 0 radical (unpaired) electrons. The van der Waals surface area contributed by atoms with Gasteiger partial charge in [0.25, 0.3) is 0 Å². The van der Waals surface area contributed by atoms with Gasteiger partial charge in [0.2, 0.25) is 0 Å². The van der Waals surface area contributed by atoms with Crippen LogP contribution in [0.2, 0.25) is 5.02 Å². The summed E-state index contributed by atoms with van der Waals surface area (Å²) in [6.45, 7) is 3.43. The standard InChI is InChI=1S/C14H18ClN3S/c1-10-17-12(9-19-10)8-18(2)13-4-3-11(5-6-16)14(15)7-13/h3-4,7,9H,5-6,8,16H2,1-2H3. The predicted molar refractivity (Wildman–Crippen MR) is 83.2 cm³/mol. The van der Waals surface area contributed by atoms with E-state index >= 15 is 0 Å². The molecule has 0 aliphatic carbocycles. The van der Waals surface area contributed by atoms with E-state index < -0.39 is 0 Å². The fraction of sp³-hybridized carbons (Fsp3) is 0.357. The van der Waals surface area contributed by atoms with Gasteiger partial charge in [0.15, 0.2) is 0 Å². The minimum atomic E-state index is 0.618. The number of aromatic nitrogens is 1. The Hall–Kier alpha value is -1.10. The Bertz CT molecular complexity index is 553. The fourth-order valence-electron chi connectivity index (χ4n) is 1.95. The molecule has 0 amide bonds. The third-order valence-corrected chi connectivity index (χ3v) is 4.13. The van der Waals surface area contributed by atoms with Crippen molar-refractivity contribution >= 4 is 28.6 Å². The van der Waals surface area contributed by atoms with E-state index in [0.717, 1.165) is 39.9 Å². The normalized spacial score (nSPS) is 10.7. The van der Waals surface area contributed by atoms with Gasteiger partial charge in [0, 0.05) is 23.1 Å². The molecule has 3 nitrogen and oxygen atoms in total. The summed E-state index contributed by atoms with van der Waals surface area (Å²) in [6, 6.07) is 6.12. The zero-order chi connectivity index (χ0) is 13.8. The third kappa shape index (κ3) is 3.69. The SMILES string of the molecule is Cc1nc(CN(C)c2ccc(CCN)c(Cl)c2)cs1. The van der Waals surface area contributed by atoms with E-state index in [9.17, 15) is 0 Å². The predicted octanol–water partition coefficient (Wildman–Crippen LogP) is 3.24. The molecule has 1 aromatic carbocycles. The van der Waals surface area contributed by atoms with Crippen molar-refractivity contribution in [1.82, 2.24) is 4.98 Å². The lowest BCUT2D eigenvalue weighted by atomic mass is 10.1. The molecule has 1 heterocycles. The number of anilines is 1. The van der Waals surface area contributed by atoms with Crippen LogP contribution in [-0.4, -0.2) is 18.6 Å². The Morgan fingerprint density at radius 3 is 2.79 bits per heavy atom. The topological polar surface area (TPSA) is 42.2 Å². The Morgan fingerprint density at radius 2 is 2.21 bits per heavy atom. The maximum absolute atomic E-state index is 6.26. The number of halogens is 1. The first-order valence-corrected chi connectivity index (χ1v) is 7.46. The molecule has 0 aliphatic rings. The lowest BCUT2D eigenvalue weighted by Gasteiger charge is -2.19. The molecule has 0 spiro atoms. The Labute approximate surface area is 123 Å². The van der Waals surface area contributed by atoms with E-state index in [2.05, 4.69) is 21.3 Å². The fourth-order valence-corrected chi connectivity index (χ4v) is 2.82. The zero-order valence-electron chi connectivity index (χ0n) is 11.2. The number of hydrogen-bond donors (Lipinski definition) is 1. The number of aryl methyl sites for hydroxylation is 1. The maximum Gasteiger partial charge on any atom is 0.0898 e. The van der Waals surface area contributed by atoms with Crippen LogP contribution in [0.4, 0.5) is 5.69 Å². The smallest absolute Gasteiger partial charge is 0.0898 e. The quantitative estimate of drug-likeness (QED) is 0.921. The van der Waals surface area contributed by atoms with Crippen LogP contribution in [0.1, 0.15) is 16.3 Å². The zero-order valence-corrected chi connectivity index (χ0v) is 12.8. The summed E-state index contributed by atoms with van der Waals surface area (Å²) in [5, 5.41) is 3.97. The van der Waals surface area contributed by atoms with Gasteiger partial charge in [-0.25, -0.2) is 4.98 Å². The van der Waals surface area contributed by atoms with Crippen LogP contribution in [0.25, 0.3) is 0 Å². The minimum absolute atomic E-state index is 0.618. The molecule has 19 heavy (non-hydrogen) atoms. The molecule has 2 N–H and O–H groups in total.